The third kappa shape index (κ3) is 1.67. The molecule has 0 saturated heterocycles. The van der Waals surface area contributed by atoms with Gasteiger partial charge in [-0.3, -0.25) is 4.99 Å². The number of hydrogen-bond acceptors (Lipinski definition) is 1. The molecule has 1 heteroatoms. The van der Waals surface area contributed by atoms with E-state index in [0.717, 1.165) is 12.3 Å². The lowest BCUT2D eigenvalue weighted by Crippen LogP contribution is -2.00. The van der Waals surface area contributed by atoms with Gasteiger partial charge in [0.1, 0.15) is 0 Å². The van der Waals surface area contributed by atoms with E-state index < -0.39 is 0 Å². The van der Waals surface area contributed by atoms with Crippen molar-refractivity contribution < 1.29 is 0 Å². The van der Waals surface area contributed by atoms with Crippen molar-refractivity contribution in [1.82, 2.24) is 0 Å². The van der Waals surface area contributed by atoms with Crippen LogP contribution in [-0.2, 0) is 0 Å². The Morgan fingerprint density at radius 2 is 2.56 bits per heavy atom. The van der Waals surface area contributed by atoms with Crippen LogP contribution in [0.1, 0.15) is 26.7 Å². The molecule has 0 amide bonds. The molecule has 1 aliphatic heterocycles. The van der Waals surface area contributed by atoms with Crippen LogP contribution in [0.15, 0.2) is 16.8 Å². The second-order valence-electron chi connectivity index (χ2n) is 2.52. The number of hydrogen-bond donors (Lipinski definition) is 0. The highest BCUT2D eigenvalue weighted by molar-refractivity contribution is 5.61. The summed E-state index contributed by atoms with van der Waals surface area (Å²) in [6.45, 7) is 4.27. The smallest absolute Gasteiger partial charge is 0.0331 e. The Morgan fingerprint density at radius 1 is 1.78 bits per heavy atom. The lowest BCUT2D eigenvalue weighted by Gasteiger charge is -2.10. The zero-order valence-corrected chi connectivity index (χ0v) is 6.09. The SMILES string of the molecule is CC[C@@H]1C=C(C)N=CC1. The highest BCUT2D eigenvalue weighted by atomic mass is 14.7. The molecule has 1 rings (SSSR count). The summed E-state index contributed by atoms with van der Waals surface area (Å²) in [5, 5.41) is 0. The van der Waals surface area contributed by atoms with Crippen LogP contribution in [0.2, 0.25) is 0 Å². The fourth-order valence-electron chi connectivity index (χ4n) is 1.07. The number of nitrogens with zero attached hydrogens (tertiary/aromatic N) is 1. The Morgan fingerprint density at radius 3 is 3.00 bits per heavy atom. The fourth-order valence-corrected chi connectivity index (χ4v) is 1.07. The van der Waals surface area contributed by atoms with E-state index in [0.29, 0.717) is 0 Å². The first-order chi connectivity index (χ1) is 4.33. The molecule has 50 valence electrons. The summed E-state index contributed by atoms with van der Waals surface area (Å²) in [7, 11) is 0. The number of allylic oxidation sites excluding steroid dienone is 2. The molecule has 9 heavy (non-hydrogen) atoms. The standard InChI is InChI=1S/C8H13N/c1-3-8-4-5-9-7(2)6-8/h5-6,8H,3-4H2,1-2H3/t8-/m0/s1. The molecule has 1 atom stereocenters. The fraction of sp³-hybridized carbons (Fsp3) is 0.625. The maximum atomic E-state index is 4.16. The summed E-state index contributed by atoms with van der Waals surface area (Å²) in [5.41, 5.74) is 1.17. The molecule has 0 aliphatic carbocycles. The van der Waals surface area contributed by atoms with Crippen molar-refractivity contribution in [2.24, 2.45) is 10.9 Å². The van der Waals surface area contributed by atoms with Crippen molar-refractivity contribution in [3.63, 3.8) is 0 Å². The Hall–Kier alpha value is -0.590. The van der Waals surface area contributed by atoms with Crippen molar-refractivity contribution in [2.45, 2.75) is 26.7 Å². The molecule has 0 aromatic carbocycles. The molecular formula is C8H13N. The molecule has 0 spiro atoms. The van der Waals surface area contributed by atoms with Crippen LogP contribution in [0.4, 0.5) is 0 Å². The molecular weight excluding hydrogens is 110 g/mol. The zero-order chi connectivity index (χ0) is 6.69. The van der Waals surface area contributed by atoms with Crippen molar-refractivity contribution in [1.29, 1.82) is 0 Å². The second-order valence-corrected chi connectivity index (χ2v) is 2.52. The topological polar surface area (TPSA) is 12.4 Å². The molecule has 0 saturated carbocycles. The van der Waals surface area contributed by atoms with E-state index in [1.54, 1.807) is 0 Å². The highest BCUT2D eigenvalue weighted by Crippen LogP contribution is 2.15. The minimum absolute atomic E-state index is 0.752. The normalized spacial score (nSPS) is 26.0. The van der Waals surface area contributed by atoms with Crippen LogP contribution >= 0.6 is 0 Å². The van der Waals surface area contributed by atoms with Gasteiger partial charge in [0.05, 0.1) is 0 Å². The molecule has 1 heterocycles. The van der Waals surface area contributed by atoms with Gasteiger partial charge in [0.25, 0.3) is 0 Å². The van der Waals surface area contributed by atoms with Crippen LogP contribution in [0.25, 0.3) is 0 Å². The maximum absolute atomic E-state index is 4.16. The molecule has 0 N–H and O–H groups in total. The first-order valence-corrected chi connectivity index (χ1v) is 3.54. The van der Waals surface area contributed by atoms with Crippen LogP contribution < -0.4 is 0 Å². The summed E-state index contributed by atoms with van der Waals surface area (Å²) < 4.78 is 0. The first kappa shape index (κ1) is 6.53. The molecule has 0 unspecified atom stereocenters. The summed E-state index contributed by atoms with van der Waals surface area (Å²) in [4.78, 5) is 4.16. The predicted molar refractivity (Wildman–Crippen MR) is 40.6 cm³/mol. The Balaban J connectivity index is 2.55. The van der Waals surface area contributed by atoms with Gasteiger partial charge in [0.2, 0.25) is 0 Å². The minimum atomic E-state index is 0.752. The van der Waals surface area contributed by atoms with E-state index in [9.17, 15) is 0 Å². The molecule has 0 bridgehead atoms. The number of rotatable bonds is 1. The van der Waals surface area contributed by atoms with Gasteiger partial charge in [-0.05, 0) is 25.7 Å². The average Bonchev–Trinajstić information content (AvgIpc) is 1.88. The molecule has 0 aromatic heterocycles. The van der Waals surface area contributed by atoms with E-state index >= 15 is 0 Å². The first-order valence-electron chi connectivity index (χ1n) is 3.54. The Labute approximate surface area is 56.5 Å². The Kier molecular flexibility index (Phi) is 2.04. The van der Waals surface area contributed by atoms with E-state index in [1.165, 1.54) is 12.1 Å². The second kappa shape index (κ2) is 2.81. The van der Waals surface area contributed by atoms with Crippen LogP contribution in [0.5, 0.6) is 0 Å². The van der Waals surface area contributed by atoms with Gasteiger partial charge in [-0.1, -0.05) is 13.0 Å². The van der Waals surface area contributed by atoms with Crippen molar-refractivity contribution in [2.75, 3.05) is 0 Å². The van der Waals surface area contributed by atoms with Crippen LogP contribution in [-0.4, -0.2) is 6.21 Å². The molecule has 0 aromatic rings. The number of aliphatic imine (C=N–C) groups is 1. The quantitative estimate of drug-likeness (QED) is 0.507. The summed E-state index contributed by atoms with van der Waals surface area (Å²) in [6.07, 6.45) is 6.64. The van der Waals surface area contributed by atoms with Gasteiger partial charge in [-0.2, -0.15) is 0 Å². The van der Waals surface area contributed by atoms with E-state index in [-0.39, 0.29) is 0 Å². The van der Waals surface area contributed by atoms with Gasteiger partial charge < -0.3 is 0 Å². The van der Waals surface area contributed by atoms with Gasteiger partial charge >= 0.3 is 0 Å². The molecule has 0 radical (unpaired) electrons. The van der Waals surface area contributed by atoms with Gasteiger partial charge in [0.15, 0.2) is 0 Å². The summed E-state index contributed by atoms with van der Waals surface area (Å²) >= 11 is 0. The van der Waals surface area contributed by atoms with Crippen molar-refractivity contribution in [3.05, 3.63) is 11.8 Å². The molecule has 1 aliphatic rings. The zero-order valence-electron chi connectivity index (χ0n) is 6.09. The van der Waals surface area contributed by atoms with Crippen molar-refractivity contribution in [3.8, 4) is 0 Å². The summed E-state index contributed by atoms with van der Waals surface area (Å²) in [5.74, 6) is 0.752. The lowest BCUT2D eigenvalue weighted by molar-refractivity contribution is 0.646. The van der Waals surface area contributed by atoms with E-state index in [4.69, 9.17) is 0 Å². The lowest BCUT2D eigenvalue weighted by atomic mass is 10.0. The van der Waals surface area contributed by atoms with Gasteiger partial charge in [-0.15, -0.1) is 0 Å². The Bertz CT molecular complexity index is 145. The van der Waals surface area contributed by atoms with Gasteiger partial charge in [0, 0.05) is 11.9 Å². The van der Waals surface area contributed by atoms with Crippen LogP contribution in [0, 0.1) is 5.92 Å². The minimum Gasteiger partial charge on any atom is -0.266 e. The molecule has 0 fully saturated rings. The molecule has 1 nitrogen and oxygen atoms in total. The third-order valence-corrected chi connectivity index (χ3v) is 1.70. The summed E-state index contributed by atoms with van der Waals surface area (Å²) in [6, 6.07) is 0. The van der Waals surface area contributed by atoms with E-state index in [1.807, 2.05) is 6.21 Å². The largest absolute Gasteiger partial charge is 0.266 e. The highest BCUT2D eigenvalue weighted by Gasteiger charge is 2.03. The van der Waals surface area contributed by atoms with Crippen LogP contribution in [0.3, 0.4) is 0 Å². The van der Waals surface area contributed by atoms with Gasteiger partial charge in [-0.25, -0.2) is 0 Å². The monoisotopic (exact) mass is 123 g/mol. The predicted octanol–water partition coefficient (Wildman–Crippen LogP) is 2.39. The average molecular weight is 123 g/mol. The third-order valence-electron chi connectivity index (χ3n) is 1.70. The maximum Gasteiger partial charge on any atom is 0.0331 e. The van der Waals surface area contributed by atoms with Crippen molar-refractivity contribution >= 4 is 6.21 Å². The van der Waals surface area contributed by atoms with E-state index in [2.05, 4.69) is 24.9 Å².